The van der Waals surface area contributed by atoms with Gasteiger partial charge in [-0.1, -0.05) is 0 Å². The molecule has 0 spiro atoms. The van der Waals surface area contributed by atoms with Crippen LogP contribution in [-0.2, 0) is 0 Å². The van der Waals surface area contributed by atoms with Gasteiger partial charge in [-0.25, -0.2) is 4.39 Å². The van der Waals surface area contributed by atoms with Crippen LogP contribution in [0.15, 0.2) is 36.5 Å². The molecule has 0 N–H and O–H groups in total. The molecule has 1 aromatic carbocycles. The molecule has 2 aromatic rings. The second kappa shape index (κ2) is 4.45. The first-order valence-electron chi connectivity index (χ1n) is 5.31. The zero-order valence-corrected chi connectivity index (χ0v) is 9.70. The lowest BCUT2D eigenvalue weighted by molar-refractivity contribution is 0.103. The number of aryl methyl sites for hydroxylation is 2. The second-order valence-electron chi connectivity index (χ2n) is 3.97. The zero-order chi connectivity index (χ0) is 12.4. The Morgan fingerprint density at radius 1 is 1.18 bits per heavy atom. The molecule has 0 aliphatic carbocycles. The SMILES string of the molecule is Cc1cc(C(=O)c2ccc(F)cc2C)ccn1. The first-order chi connectivity index (χ1) is 8.08. The van der Waals surface area contributed by atoms with E-state index in [2.05, 4.69) is 4.98 Å². The predicted molar refractivity (Wildman–Crippen MR) is 63.5 cm³/mol. The van der Waals surface area contributed by atoms with Gasteiger partial charge in [-0.15, -0.1) is 0 Å². The third-order valence-electron chi connectivity index (χ3n) is 2.59. The molecule has 0 saturated heterocycles. The topological polar surface area (TPSA) is 30.0 Å². The lowest BCUT2D eigenvalue weighted by Gasteiger charge is -2.05. The Labute approximate surface area is 99.1 Å². The van der Waals surface area contributed by atoms with Gasteiger partial charge in [0.1, 0.15) is 5.82 Å². The van der Waals surface area contributed by atoms with Gasteiger partial charge in [0, 0.05) is 23.0 Å². The lowest BCUT2D eigenvalue weighted by atomic mass is 9.99. The van der Waals surface area contributed by atoms with E-state index in [0.29, 0.717) is 16.7 Å². The number of hydrogen-bond acceptors (Lipinski definition) is 2. The first-order valence-corrected chi connectivity index (χ1v) is 5.31. The molecule has 2 rings (SSSR count). The van der Waals surface area contributed by atoms with Gasteiger partial charge in [0.2, 0.25) is 0 Å². The number of halogens is 1. The Kier molecular flexibility index (Phi) is 3.00. The Bertz CT molecular complexity index is 578. The summed E-state index contributed by atoms with van der Waals surface area (Å²) in [4.78, 5) is 16.2. The molecule has 86 valence electrons. The van der Waals surface area contributed by atoms with Crippen molar-refractivity contribution in [3.8, 4) is 0 Å². The summed E-state index contributed by atoms with van der Waals surface area (Å²) in [5.41, 5.74) is 2.53. The van der Waals surface area contributed by atoms with Crippen LogP contribution in [0, 0.1) is 19.7 Å². The minimum atomic E-state index is -0.329. The number of carbonyl (C=O) groups is 1. The minimum absolute atomic E-state index is 0.104. The fraction of sp³-hybridized carbons (Fsp3) is 0.143. The van der Waals surface area contributed by atoms with E-state index in [1.807, 2.05) is 6.92 Å². The van der Waals surface area contributed by atoms with Crippen molar-refractivity contribution in [2.24, 2.45) is 0 Å². The number of ketones is 1. The summed E-state index contributed by atoms with van der Waals surface area (Å²) in [6.45, 7) is 3.55. The number of aromatic nitrogens is 1. The molecule has 2 nitrogen and oxygen atoms in total. The highest BCUT2D eigenvalue weighted by atomic mass is 19.1. The number of carbonyl (C=O) groups excluding carboxylic acids is 1. The van der Waals surface area contributed by atoms with Crippen LogP contribution < -0.4 is 0 Å². The van der Waals surface area contributed by atoms with Crippen LogP contribution in [0.1, 0.15) is 27.2 Å². The Balaban J connectivity index is 2.44. The van der Waals surface area contributed by atoms with Gasteiger partial charge >= 0.3 is 0 Å². The van der Waals surface area contributed by atoms with Crippen molar-refractivity contribution in [2.45, 2.75) is 13.8 Å². The van der Waals surface area contributed by atoms with E-state index in [-0.39, 0.29) is 11.6 Å². The first kappa shape index (κ1) is 11.5. The second-order valence-corrected chi connectivity index (χ2v) is 3.97. The third-order valence-corrected chi connectivity index (χ3v) is 2.59. The van der Waals surface area contributed by atoms with Crippen LogP contribution in [0.2, 0.25) is 0 Å². The molecule has 0 aliphatic heterocycles. The molecule has 0 aliphatic rings. The summed E-state index contributed by atoms with van der Waals surface area (Å²) in [5, 5.41) is 0. The minimum Gasteiger partial charge on any atom is -0.289 e. The predicted octanol–water partition coefficient (Wildman–Crippen LogP) is 3.07. The highest BCUT2D eigenvalue weighted by Gasteiger charge is 2.12. The van der Waals surface area contributed by atoms with Crippen molar-refractivity contribution in [3.63, 3.8) is 0 Å². The van der Waals surface area contributed by atoms with E-state index in [1.54, 1.807) is 25.3 Å². The number of rotatable bonds is 2. The van der Waals surface area contributed by atoms with Crippen molar-refractivity contribution >= 4 is 5.78 Å². The molecule has 0 amide bonds. The molecular weight excluding hydrogens is 217 g/mol. The van der Waals surface area contributed by atoms with Crippen LogP contribution in [0.5, 0.6) is 0 Å². The monoisotopic (exact) mass is 229 g/mol. The number of nitrogens with zero attached hydrogens (tertiary/aromatic N) is 1. The van der Waals surface area contributed by atoms with Gasteiger partial charge in [-0.05, 0) is 49.7 Å². The van der Waals surface area contributed by atoms with E-state index in [4.69, 9.17) is 0 Å². The Morgan fingerprint density at radius 2 is 1.94 bits per heavy atom. The normalized spacial score (nSPS) is 10.3. The van der Waals surface area contributed by atoms with Gasteiger partial charge in [0.25, 0.3) is 0 Å². The maximum absolute atomic E-state index is 13.0. The summed E-state index contributed by atoms with van der Waals surface area (Å²) in [6, 6.07) is 7.57. The van der Waals surface area contributed by atoms with Crippen molar-refractivity contribution in [2.75, 3.05) is 0 Å². The Hall–Kier alpha value is -2.03. The molecule has 0 bridgehead atoms. The zero-order valence-electron chi connectivity index (χ0n) is 9.70. The fourth-order valence-corrected chi connectivity index (χ4v) is 1.72. The molecule has 17 heavy (non-hydrogen) atoms. The van der Waals surface area contributed by atoms with Crippen LogP contribution in [0.3, 0.4) is 0 Å². The van der Waals surface area contributed by atoms with Crippen molar-refractivity contribution in [3.05, 3.63) is 64.7 Å². The highest BCUT2D eigenvalue weighted by molar-refractivity contribution is 6.09. The summed E-state index contributed by atoms with van der Waals surface area (Å²) in [5.74, 6) is -0.432. The van der Waals surface area contributed by atoms with Gasteiger partial charge < -0.3 is 0 Å². The largest absolute Gasteiger partial charge is 0.289 e. The van der Waals surface area contributed by atoms with E-state index in [1.165, 1.54) is 18.2 Å². The van der Waals surface area contributed by atoms with E-state index in [9.17, 15) is 9.18 Å². The summed E-state index contributed by atoms with van der Waals surface area (Å²) in [6.07, 6.45) is 1.60. The summed E-state index contributed by atoms with van der Waals surface area (Å²) in [7, 11) is 0. The van der Waals surface area contributed by atoms with Gasteiger partial charge in [-0.3, -0.25) is 9.78 Å². The molecule has 0 radical (unpaired) electrons. The van der Waals surface area contributed by atoms with Crippen molar-refractivity contribution in [1.82, 2.24) is 4.98 Å². The van der Waals surface area contributed by atoms with Crippen LogP contribution in [0.25, 0.3) is 0 Å². The maximum atomic E-state index is 13.0. The average molecular weight is 229 g/mol. The van der Waals surface area contributed by atoms with E-state index >= 15 is 0 Å². The molecule has 0 unspecified atom stereocenters. The molecule has 0 fully saturated rings. The van der Waals surface area contributed by atoms with Gasteiger partial charge in [0.05, 0.1) is 0 Å². The molecule has 1 heterocycles. The highest BCUT2D eigenvalue weighted by Crippen LogP contribution is 2.15. The molecule has 0 saturated carbocycles. The Morgan fingerprint density at radius 3 is 2.59 bits per heavy atom. The van der Waals surface area contributed by atoms with Gasteiger partial charge in [-0.2, -0.15) is 0 Å². The van der Waals surface area contributed by atoms with E-state index < -0.39 is 0 Å². The van der Waals surface area contributed by atoms with Crippen LogP contribution >= 0.6 is 0 Å². The third kappa shape index (κ3) is 2.38. The summed E-state index contributed by atoms with van der Waals surface area (Å²) >= 11 is 0. The molecule has 3 heteroatoms. The van der Waals surface area contributed by atoms with Gasteiger partial charge in [0.15, 0.2) is 5.78 Å². The van der Waals surface area contributed by atoms with Crippen molar-refractivity contribution in [1.29, 1.82) is 0 Å². The van der Waals surface area contributed by atoms with E-state index in [0.717, 1.165) is 5.69 Å². The smallest absolute Gasteiger partial charge is 0.193 e. The van der Waals surface area contributed by atoms with Crippen molar-refractivity contribution < 1.29 is 9.18 Å². The van der Waals surface area contributed by atoms with Crippen LogP contribution in [-0.4, -0.2) is 10.8 Å². The number of pyridine rings is 1. The standard InChI is InChI=1S/C14H12FNO/c1-9-7-12(15)3-4-13(9)14(17)11-5-6-16-10(2)8-11/h3-8H,1-2H3. The quantitative estimate of drug-likeness (QED) is 0.741. The summed E-state index contributed by atoms with van der Waals surface area (Å²) < 4.78 is 13.0. The molecule has 0 atom stereocenters. The number of benzene rings is 1. The maximum Gasteiger partial charge on any atom is 0.193 e. The average Bonchev–Trinajstić information content (AvgIpc) is 2.28. The fourth-order valence-electron chi connectivity index (χ4n) is 1.72. The molecular formula is C14H12FNO. The molecule has 1 aromatic heterocycles. The number of hydrogen-bond donors (Lipinski definition) is 0. The lowest BCUT2D eigenvalue weighted by Crippen LogP contribution is -2.04. The van der Waals surface area contributed by atoms with Crippen LogP contribution in [0.4, 0.5) is 4.39 Å².